The van der Waals surface area contributed by atoms with Crippen molar-refractivity contribution in [2.75, 3.05) is 53.7 Å². The Balaban J connectivity index is 0.000000127. The standard InChI is InChI=1S/C26H24N4O4.C25H27N3O4.C23H19N3O3.C21H21N3O3/c27-26(31)21-4-2-10-29-23(21)16-33-24-14-18(13-22-20(24)3-1-9-28-22)17-5-6-25(30-15-17)34-19-7-11-32-12-8-19;1-16(19-13-24(29)27-15-19)31-23-12-18(11-22-21(23)3-2-8-26-22)17-4-5-25(28-14-17)32-20-6-9-30-10-7-20;1-28-17-6-2-5-15(11-17)16-12-20-18(7-3-9-25-20)22(13-16)29-14-21-19(23(24)27)8-4-10-26-21;1-13(16-10-20(25)24-12-16)27-19-9-15(8-18-17(19)4-3-6-22-18)14-5-7-23-21(11-14)26-2/h1-6,9-10,13-15,19H,7-8,11-12,16H2,(H2,27,31);2-5,8,11-12,14,16,19-20H,6-7,9-10,13,15H2,1H3,(H,27,29);2-13H,14H2,1H3,(H2,24,27);3-9,11,13,16H,10,12H2,1-2H3,(H,24,25)/t;16-,19-;;13-,16-/m.1.1/s1. The van der Waals surface area contributed by atoms with Crippen LogP contribution in [0.3, 0.4) is 0 Å². The number of nitrogens with one attached hydrogen (secondary N) is 2. The minimum atomic E-state index is -0.541. The smallest absolute Gasteiger partial charge is 0.250 e. The molecule has 0 spiro atoms. The zero-order chi connectivity index (χ0) is 84.3. The lowest BCUT2D eigenvalue weighted by Crippen LogP contribution is -2.26. The SMILES string of the molecule is COc1cc(-c2cc(O[C@H](C)[C@H]3CNC(=O)C3)c3cccnc3c2)ccn1.COc1cccc(-c2cc(OCc3ncccc3C(N)=O)c3cccnc3c2)c1.C[C@@H](Oc1cc(-c2ccc(OC3CCOCC3)nc2)cc2ncccc12)[C@H]1CNC(=O)C1.NC(=O)c1cccnc1COc1cc(-c2ccc(OC3CCOCC3)nc2)cc2ncccc12. The first-order valence-electron chi connectivity index (χ1n) is 40.3. The Hall–Kier alpha value is -14.3. The number of aromatic nitrogens is 9. The zero-order valence-corrected chi connectivity index (χ0v) is 67.8. The van der Waals surface area contributed by atoms with Gasteiger partial charge in [-0.05, 0) is 199 Å². The number of carbonyl (C=O) groups excluding carboxylic acids is 4. The van der Waals surface area contributed by atoms with Crippen LogP contribution >= 0.6 is 0 Å². The lowest BCUT2D eigenvalue weighted by Gasteiger charge is -2.22. The molecule has 0 saturated carbocycles. The predicted molar refractivity (Wildman–Crippen MR) is 461 cm³/mol. The molecule has 9 aromatic heterocycles. The first-order valence-corrected chi connectivity index (χ1v) is 40.3. The number of fused-ring (bicyclic) bond motifs is 4. The van der Waals surface area contributed by atoms with Crippen LogP contribution in [-0.4, -0.2) is 147 Å². The topological polar surface area (TPSA) is 353 Å². The van der Waals surface area contributed by atoms with Crippen LogP contribution < -0.4 is 60.0 Å². The Morgan fingerprint density at radius 1 is 0.402 bits per heavy atom. The Labute approximate surface area is 703 Å². The van der Waals surface area contributed by atoms with Gasteiger partial charge in [0.05, 0.1) is 85.2 Å². The fourth-order valence-electron chi connectivity index (χ4n) is 14.7. The van der Waals surface area contributed by atoms with E-state index in [1.807, 2.05) is 178 Å². The van der Waals surface area contributed by atoms with Gasteiger partial charge in [0.15, 0.2) is 0 Å². The van der Waals surface area contributed by atoms with Gasteiger partial charge in [0.1, 0.15) is 66.4 Å². The van der Waals surface area contributed by atoms with Crippen LogP contribution in [-0.2, 0) is 32.3 Å². The Kier molecular flexibility index (Phi) is 26.8. The maximum atomic E-state index is 11.7. The van der Waals surface area contributed by atoms with E-state index in [2.05, 4.69) is 55.5 Å². The number of amides is 4. The number of primary amides is 2. The van der Waals surface area contributed by atoms with Gasteiger partial charge in [-0.1, -0.05) is 12.1 Å². The van der Waals surface area contributed by atoms with E-state index in [1.54, 1.807) is 88.1 Å². The molecule has 5 aromatic carbocycles. The van der Waals surface area contributed by atoms with Crippen molar-refractivity contribution < 1.29 is 66.5 Å². The number of methoxy groups -OCH3 is 2. The molecule has 14 aromatic rings. The van der Waals surface area contributed by atoms with E-state index in [-0.39, 0.29) is 61.3 Å². The van der Waals surface area contributed by atoms with Crippen LogP contribution in [0.1, 0.15) is 84.5 Å². The van der Waals surface area contributed by atoms with Crippen molar-refractivity contribution in [1.29, 1.82) is 0 Å². The van der Waals surface area contributed by atoms with Crippen LogP contribution in [0, 0.1) is 11.8 Å². The second-order valence-electron chi connectivity index (χ2n) is 29.6. The molecule has 6 N–H and O–H groups in total. The number of nitrogens with two attached hydrogens (primary N) is 2. The average molecular weight is 1640 g/mol. The summed E-state index contributed by atoms with van der Waals surface area (Å²) < 4.78 is 58.2. The maximum absolute atomic E-state index is 11.7. The first-order chi connectivity index (χ1) is 59.6. The second kappa shape index (κ2) is 39.5. The quantitative estimate of drug-likeness (QED) is 0.0436. The predicted octanol–water partition coefficient (Wildman–Crippen LogP) is 14.9. The molecule has 4 amide bonds. The number of ether oxygens (including phenoxy) is 10. The van der Waals surface area contributed by atoms with E-state index in [0.717, 1.165) is 157 Å². The van der Waals surface area contributed by atoms with Gasteiger partial charge in [0.25, 0.3) is 11.8 Å². The number of benzene rings is 5. The summed E-state index contributed by atoms with van der Waals surface area (Å²) in [5.74, 6) is 4.76. The van der Waals surface area contributed by atoms with E-state index >= 15 is 0 Å². The normalized spacial score (nSPS) is 15.6. The van der Waals surface area contributed by atoms with Crippen molar-refractivity contribution in [1.82, 2.24) is 55.5 Å². The molecule has 4 saturated heterocycles. The molecule has 13 heterocycles. The van der Waals surface area contributed by atoms with Crippen LogP contribution in [0.15, 0.2) is 238 Å². The van der Waals surface area contributed by atoms with Gasteiger partial charge in [-0.25, -0.2) is 15.0 Å². The van der Waals surface area contributed by atoms with E-state index in [0.29, 0.717) is 77.6 Å². The van der Waals surface area contributed by atoms with Crippen molar-refractivity contribution in [2.24, 2.45) is 23.3 Å². The van der Waals surface area contributed by atoms with Crippen LogP contribution in [0.4, 0.5) is 0 Å². The average Bonchev–Trinajstić information content (AvgIpc) is 0.961. The Morgan fingerprint density at radius 3 is 1.20 bits per heavy atom. The molecule has 0 aliphatic carbocycles. The van der Waals surface area contributed by atoms with Gasteiger partial charge in [-0.2, -0.15) is 0 Å². The number of hydrogen-bond acceptors (Lipinski definition) is 23. The molecule has 0 bridgehead atoms. The van der Waals surface area contributed by atoms with E-state index in [1.165, 1.54) is 0 Å². The summed E-state index contributed by atoms with van der Waals surface area (Å²) in [6.45, 7) is 8.45. The molecule has 4 aliphatic rings. The third kappa shape index (κ3) is 20.9. The van der Waals surface area contributed by atoms with Gasteiger partial charge in [0, 0.05) is 170 Å². The largest absolute Gasteiger partial charge is 0.497 e. The lowest BCUT2D eigenvalue weighted by atomic mass is 10.0. The van der Waals surface area contributed by atoms with Crippen LogP contribution in [0.2, 0.25) is 0 Å². The van der Waals surface area contributed by atoms with E-state index < -0.39 is 11.8 Å². The fraction of sp³-hybridized carbons (Fsp3) is 0.253. The van der Waals surface area contributed by atoms with Crippen LogP contribution in [0.25, 0.3) is 88.1 Å². The third-order valence-corrected chi connectivity index (χ3v) is 21.5. The first kappa shape index (κ1) is 82.8. The summed E-state index contributed by atoms with van der Waals surface area (Å²) in [7, 11) is 3.24. The lowest BCUT2D eigenvalue weighted by molar-refractivity contribution is -0.120. The molecule has 18 rings (SSSR count). The molecule has 27 heteroatoms. The van der Waals surface area contributed by atoms with Crippen molar-refractivity contribution >= 4 is 67.2 Å². The molecule has 620 valence electrons. The molecule has 0 radical (unpaired) electrons. The van der Waals surface area contributed by atoms with Crippen molar-refractivity contribution in [3.63, 3.8) is 0 Å². The number of hydrogen-bond donors (Lipinski definition) is 4. The number of pyridine rings is 9. The monoisotopic (exact) mass is 1640 g/mol. The molecular formula is C95H91N13O14. The minimum Gasteiger partial charge on any atom is -0.497 e. The molecule has 4 aliphatic heterocycles. The van der Waals surface area contributed by atoms with E-state index in [9.17, 15) is 19.2 Å². The molecule has 0 unspecified atom stereocenters. The van der Waals surface area contributed by atoms with Gasteiger partial charge in [-0.3, -0.25) is 49.1 Å². The van der Waals surface area contributed by atoms with Crippen molar-refractivity contribution in [3.05, 3.63) is 260 Å². The van der Waals surface area contributed by atoms with Gasteiger partial charge >= 0.3 is 0 Å². The Bertz CT molecular complexity index is 6040. The summed E-state index contributed by atoms with van der Waals surface area (Å²) in [6, 6.07) is 57.4. The summed E-state index contributed by atoms with van der Waals surface area (Å²) >= 11 is 0. The molecule has 27 nitrogen and oxygen atoms in total. The van der Waals surface area contributed by atoms with Crippen molar-refractivity contribution in [3.8, 4) is 90.9 Å². The second-order valence-corrected chi connectivity index (χ2v) is 29.6. The minimum absolute atomic E-state index is 0.0830. The zero-order valence-electron chi connectivity index (χ0n) is 67.8. The summed E-state index contributed by atoms with van der Waals surface area (Å²) in [5.41, 5.74) is 23.5. The molecule has 4 fully saturated rings. The summed E-state index contributed by atoms with van der Waals surface area (Å²) in [4.78, 5) is 86.2. The van der Waals surface area contributed by atoms with Crippen molar-refractivity contribution in [2.45, 2.75) is 90.0 Å². The molecule has 4 atom stereocenters. The number of nitrogens with zero attached hydrogens (tertiary/aromatic N) is 9. The summed E-state index contributed by atoms with van der Waals surface area (Å²) in [6.07, 6.45) is 20.2. The highest BCUT2D eigenvalue weighted by molar-refractivity contribution is 5.96. The Morgan fingerprint density at radius 2 is 0.803 bits per heavy atom. The van der Waals surface area contributed by atoms with Crippen LogP contribution in [0.5, 0.6) is 46.4 Å². The van der Waals surface area contributed by atoms with E-state index in [4.69, 9.17) is 58.8 Å². The highest BCUT2D eigenvalue weighted by atomic mass is 16.5. The third-order valence-electron chi connectivity index (χ3n) is 21.5. The molecular weight excluding hydrogens is 1550 g/mol. The maximum Gasteiger partial charge on any atom is 0.250 e. The number of carbonyl (C=O) groups is 4. The highest BCUT2D eigenvalue weighted by Crippen LogP contribution is 2.39. The van der Waals surface area contributed by atoms with Gasteiger partial charge in [0.2, 0.25) is 29.5 Å². The summed E-state index contributed by atoms with van der Waals surface area (Å²) in [5, 5.41) is 9.39. The van der Waals surface area contributed by atoms with Gasteiger partial charge < -0.3 is 69.5 Å². The number of rotatable bonds is 24. The molecule has 122 heavy (non-hydrogen) atoms. The van der Waals surface area contributed by atoms with Gasteiger partial charge in [-0.15, -0.1) is 0 Å². The highest BCUT2D eigenvalue weighted by Gasteiger charge is 2.31. The fourth-order valence-corrected chi connectivity index (χ4v) is 14.7.